The summed E-state index contributed by atoms with van der Waals surface area (Å²) in [6, 6.07) is 14.3. The number of ether oxygens (including phenoxy) is 1. The van der Waals surface area contributed by atoms with E-state index < -0.39 is 10.3 Å². The molecule has 2 heterocycles. The number of benzene rings is 3. The number of phenols is 1. The summed E-state index contributed by atoms with van der Waals surface area (Å²) in [6.45, 7) is 6.87. The molecule has 0 amide bonds. The molecule has 0 fully saturated rings. The number of unbranched alkanes of at least 4 members (excludes halogenated alkanes) is 1. The second kappa shape index (κ2) is 13.0. The third-order valence-electron chi connectivity index (χ3n) is 7.61. The SMILES string of the molecule is CCOC(=O)CC(c1cc(C)cc(CN2Cc3cc(O)ccc3OS2(=O)=O)c1)c1ccc2c(nnn2CCCCBr)c1C. The van der Waals surface area contributed by atoms with Gasteiger partial charge < -0.3 is 14.0 Å². The molecule has 1 atom stereocenters. The summed E-state index contributed by atoms with van der Waals surface area (Å²) in [7, 11) is -4.05. The van der Waals surface area contributed by atoms with Crippen molar-refractivity contribution in [2.45, 2.75) is 65.6 Å². The zero-order valence-electron chi connectivity index (χ0n) is 24.4. The number of alkyl halides is 1. The minimum atomic E-state index is -4.05. The van der Waals surface area contributed by atoms with Crippen LogP contribution in [0.5, 0.6) is 11.5 Å². The number of halogens is 1. The first-order valence-electron chi connectivity index (χ1n) is 14.3. The molecule has 10 nitrogen and oxygen atoms in total. The summed E-state index contributed by atoms with van der Waals surface area (Å²) >= 11 is 3.47. The lowest BCUT2D eigenvalue weighted by atomic mass is 9.84. The van der Waals surface area contributed by atoms with Crippen LogP contribution in [0.25, 0.3) is 11.0 Å². The summed E-state index contributed by atoms with van der Waals surface area (Å²) in [5.74, 6) is -0.434. The van der Waals surface area contributed by atoms with Gasteiger partial charge in [-0.3, -0.25) is 4.79 Å². The molecule has 1 N–H and O–H groups in total. The van der Waals surface area contributed by atoms with Crippen LogP contribution in [0.3, 0.4) is 0 Å². The molecule has 0 aliphatic carbocycles. The van der Waals surface area contributed by atoms with Gasteiger partial charge in [-0.1, -0.05) is 51.0 Å². The lowest BCUT2D eigenvalue weighted by molar-refractivity contribution is -0.143. The van der Waals surface area contributed by atoms with Crippen molar-refractivity contribution in [3.63, 3.8) is 0 Å². The van der Waals surface area contributed by atoms with E-state index in [0.717, 1.165) is 63.6 Å². The van der Waals surface area contributed by atoms with Gasteiger partial charge in [0.05, 0.1) is 18.5 Å². The topological polar surface area (TPSA) is 124 Å². The predicted octanol–water partition coefficient (Wildman–Crippen LogP) is 5.65. The average Bonchev–Trinajstić information content (AvgIpc) is 3.36. The van der Waals surface area contributed by atoms with Crippen LogP contribution < -0.4 is 4.18 Å². The minimum Gasteiger partial charge on any atom is -0.508 e. The third-order valence-corrected chi connectivity index (χ3v) is 9.45. The van der Waals surface area contributed by atoms with Crippen LogP contribution in [0, 0.1) is 13.8 Å². The Balaban J connectivity index is 1.50. The highest BCUT2D eigenvalue weighted by atomic mass is 79.9. The van der Waals surface area contributed by atoms with Crippen LogP contribution in [0.1, 0.15) is 65.5 Å². The normalized spacial score (nSPS) is 15.2. The van der Waals surface area contributed by atoms with E-state index in [-0.39, 0.29) is 49.5 Å². The largest absolute Gasteiger partial charge is 0.508 e. The quantitative estimate of drug-likeness (QED) is 0.123. The molecular formula is C31H35BrN4O6S. The Morgan fingerprint density at radius 1 is 1.14 bits per heavy atom. The number of rotatable bonds is 11. The summed E-state index contributed by atoms with van der Waals surface area (Å²) in [4.78, 5) is 12.9. The van der Waals surface area contributed by atoms with Crippen LogP contribution in [0.15, 0.2) is 48.5 Å². The number of aromatic hydroxyl groups is 1. The van der Waals surface area contributed by atoms with Crippen LogP contribution in [-0.2, 0) is 39.5 Å². The van der Waals surface area contributed by atoms with Gasteiger partial charge in [0.15, 0.2) is 0 Å². The van der Waals surface area contributed by atoms with Gasteiger partial charge in [0.1, 0.15) is 17.0 Å². The molecule has 5 rings (SSSR count). The van der Waals surface area contributed by atoms with E-state index in [1.165, 1.54) is 22.5 Å². The lowest BCUT2D eigenvalue weighted by Gasteiger charge is -2.28. The maximum Gasteiger partial charge on any atom is 0.385 e. The van der Waals surface area contributed by atoms with Gasteiger partial charge in [-0.05, 0) is 80.1 Å². The van der Waals surface area contributed by atoms with E-state index in [9.17, 15) is 18.3 Å². The molecule has 1 unspecified atom stereocenters. The highest BCUT2D eigenvalue weighted by Crippen LogP contribution is 2.36. The van der Waals surface area contributed by atoms with E-state index >= 15 is 0 Å². The molecule has 0 spiro atoms. The Labute approximate surface area is 260 Å². The van der Waals surface area contributed by atoms with Gasteiger partial charge >= 0.3 is 16.3 Å². The van der Waals surface area contributed by atoms with E-state index in [2.05, 4.69) is 26.2 Å². The molecule has 1 aliphatic rings. The zero-order chi connectivity index (χ0) is 30.7. The molecule has 228 valence electrons. The molecule has 0 bridgehead atoms. The fraction of sp³-hybridized carbons (Fsp3) is 0.387. The summed E-state index contributed by atoms with van der Waals surface area (Å²) in [5.41, 5.74) is 6.71. The molecular weight excluding hydrogens is 636 g/mol. The summed E-state index contributed by atoms with van der Waals surface area (Å²) < 4.78 is 39.8. The second-order valence-corrected chi connectivity index (χ2v) is 13.1. The Kier molecular flexibility index (Phi) is 9.38. The number of nitrogens with zero attached hydrogens (tertiary/aromatic N) is 4. The number of esters is 1. The maximum absolute atomic E-state index is 13.0. The van der Waals surface area contributed by atoms with Gasteiger partial charge in [-0.25, -0.2) is 4.68 Å². The van der Waals surface area contributed by atoms with E-state index in [0.29, 0.717) is 5.56 Å². The Bertz CT molecular complexity index is 1760. The highest BCUT2D eigenvalue weighted by Gasteiger charge is 2.32. The lowest BCUT2D eigenvalue weighted by Crippen LogP contribution is -2.37. The smallest absolute Gasteiger partial charge is 0.385 e. The molecule has 12 heteroatoms. The second-order valence-electron chi connectivity index (χ2n) is 10.8. The fourth-order valence-corrected chi connectivity index (χ4v) is 7.10. The molecule has 0 saturated carbocycles. The van der Waals surface area contributed by atoms with Crippen molar-refractivity contribution in [2.75, 3.05) is 11.9 Å². The first-order chi connectivity index (χ1) is 20.6. The number of hydrogen-bond acceptors (Lipinski definition) is 8. The number of carbonyl (C=O) groups excluding carboxylic acids is 1. The summed E-state index contributed by atoms with van der Waals surface area (Å²) in [6.07, 6.45) is 2.13. The fourth-order valence-electron chi connectivity index (χ4n) is 5.61. The average molecular weight is 672 g/mol. The van der Waals surface area contributed by atoms with E-state index in [4.69, 9.17) is 8.92 Å². The molecule has 43 heavy (non-hydrogen) atoms. The van der Waals surface area contributed by atoms with Crippen LogP contribution in [0.2, 0.25) is 0 Å². The molecule has 4 aromatic rings. The van der Waals surface area contributed by atoms with E-state index in [1.807, 2.05) is 48.9 Å². The summed E-state index contributed by atoms with van der Waals surface area (Å²) in [5, 5.41) is 19.7. The van der Waals surface area contributed by atoms with Crippen LogP contribution in [-0.4, -0.2) is 50.7 Å². The van der Waals surface area contributed by atoms with Crippen molar-refractivity contribution in [1.29, 1.82) is 0 Å². The van der Waals surface area contributed by atoms with Crippen molar-refractivity contribution in [1.82, 2.24) is 19.3 Å². The van der Waals surface area contributed by atoms with Crippen molar-refractivity contribution in [2.24, 2.45) is 0 Å². The van der Waals surface area contributed by atoms with Gasteiger partial charge in [0.25, 0.3) is 0 Å². The monoisotopic (exact) mass is 670 g/mol. The number of fused-ring (bicyclic) bond motifs is 2. The molecule has 0 saturated heterocycles. The Morgan fingerprint density at radius 2 is 1.95 bits per heavy atom. The number of aryl methyl sites for hydroxylation is 3. The first-order valence-corrected chi connectivity index (χ1v) is 16.7. The third kappa shape index (κ3) is 6.86. The number of hydrogen-bond donors (Lipinski definition) is 1. The van der Waals surface area contributed by atoms with Gasteiger partial charge in [-0.15, -0.1) is 5.10 Å². The van der Waals surface area contributed by atoms with Crippen molar-refractivity contribution >= 4 is 43.2 Å². The maximum atomic E-state index is 13.0. The Morgan fingerprint density at radius 3 is 2.72 bits per heavy atom. The number of phenolic OH excluding ortho intramolecular Hbond substituents is 1. The number of aromatic nitrogens is 3. The van der Waals surface area contributed by atoms with Crippen LogP contribution in [0.4, 0.5) is 0 Å². The van der Waals surface area contributed by atoms with Crippen molar-refractivity contribution in [3.05, 3.63) is 81.9 Å². The minimum absolute atomic E-state index is 0.0348. The van der Waals surface area contributed by atoms with Crippen LogP contribution >= 0.6 is 15.9 Å². The van der Waals surface area contributed by atoms with Crippen molar-refractivity contribution in [3.8, 4) is 11.5 Å². The van der Waals surface area contributed by atoms with E-state index in [1.54, 1.807) is 6.92 Å². The standard InChI is InChI=1S/C31H35BrN4O6S/c1-4-41-30(38)17-27(26-8-9-28-31(21(26)3)33-34-36(28)12-6-5-11-32)23-14-20(2)13-22(15-23)18-35-19-24-16-25(37)7-10-29(24)42-43(35,39)40/h7-10,13-16,27,37H,4-6,11-12,17-19H2,1-3H3. The van der Waals surface area contributed by atoms with Gasteiger partial charge in [0, 0.05) is 36.4 Å². The number of carbonyl (C=O) groups is 1. The Hall–Kier alpha value is -3.48. The molecule has 1 aliphatic heterocycles. The molecule has 3 aromatic carbocycles. The predicted molar refractivity (Wildman–Crippen MR) is 166 cm³/mol. The highest BCUT2D eigenvalue weighted by molar-refractivity contribution is 9.09. The zero-order valence-corrected chi connectivity index (χ0v) is 26.8. The van der Waals surface area contributed by atoms with Gasteiger partial charge in [-0.2, -0.15) is 12.7 Å². The molecule has 1 aromatic heterocycles. The first kappa shape index (κ1) is 31.0. The van der Waals surface area contributed by atoms with Gasteiger partial charge in [0.2, 0.25) is 0 Å². The molecule has 0 radical (unpaired) electrons. The van der Waals surface area contributed by atoms with Crippen molar-refractivity contribution < 1.29 is 27.2 Å².